The Morgan fingerprint density at radius 3 is 1.67 bits per heavy atom. The zero-order valence-corrected chi connectivity index (χ0v) is 32.6. The minimum atomic E-state index is -1.00. The third-order valence-corrected chi connectivity index (χ3v) is 11.0. The number of alkyl halides is 1. The van der Waals surface area contributed by atoms with Crippen LogP contribution in [0.5, 0.6) is 0 Å². The Labute approximate surface area is 329 Å². The lowest BCUT2D eigenvalue weighted by atomic mass is 9.80. The Balaban J connectivity index is 0.000000203. The molecular formula is C34H23BBr2Cl4F2O4S2. The van der Waals surface area contributed by atoms with Gasteiger partial charge in [0.05, 0.1) is 35.2 Å². The van der Waals surface area contributed by atoms with Gasteiger partial charge in [-0.1, -0.05) is 91.9 Å². The molecule has 1 heterocycles. The summed E-state index contributed by atoms with van der Waals surface area (Å²) in [5.74, 6) is -0.350. The van der Waals surface area contributed by atoms with E-state index >= 15 is 0 Å². The number of fused-ring (bicyclic) bond motifs is 1. The van der Waals surface area contributed by atoms with Gasteiger partial charge >= 0.3 is 7.12 Å². The van der Waals surface area contributed by atoms with Gasteiger partial charge in [0.25, 0.3) is 0 Å². The van der Waals surface area contributed by atoms with Crippen LogP contribution in [0.15, 0.2) is 120 Å². The highest BCUT2D eigenvalue weighted by Crippen LogP contribution is 2.35. The summed E-state index contributed by atoms with van der Waals surface area (Å²) in [5.41, 5.74) is 2.96. The molecule has 0 aliphatic carbocycles. The van der Waals surface area contributed by atoms with Crippen molar-refractivity contribution in [2.75, 3.05) is 7.15 Å². The minimum absolute atomic E-state index is 0.350. The fourth-order valence-electron chi connectivity index (χ4n) is 3.87. The number of aldehydes is 2. The van der Waals surface area contributed by atoms with Crippen LogP contribution in [0.4, 0.5) is 8.78 Å². The molecule has 0 amide bonds. The largest absolute Gasteiger partial charge is 0.491 e. The van der Waals surface area contributed by atoms with E-state index in [0.717, 1.165) is 41.4 Å². The molecule has 0 atom stereocenters. The summed E-state index contributed by atoms with van der Waals surface area (Å²) in [4.78, 5) is 24.9. The van der Waals surface area contributed by atoms with Crippen molar-refractivity contribution in [1.29, 1.82) is 0 Å². The van der Waals surface area contributed by atoms with Gasteiger partial charge in [0.2, 0.25) is 0 Å². The number of carbonyl (C=O) groups is 2. The van der Waals surface area contributed by atoms with Gasteiger partial charge in [-0.25, -0.2) is 4.39 Å². The molecule has 49 heavy (non-hydrogen) atoms. The predicted molar refractivity (Wildman–Crippen MR) is 206 cm³/mol. The second kappa shape index (κ2) is 20.8. The van der Waals surface area contributed by atoms with Gasteiger partial charge in [0.15, 0.2) is 12.6 Å². The van der Waals surface area contributed by atoms with Crippen molar-refractivity contribution in [2.45, 2.75) is 26.2 Å². The molecule has 0 aromatic heterocycles. The van der Waals surface area contributed by atoms with Crippen LogP contribution in [-0.2, 0) is 11.3 Å². The van der Waals surface area contributed by atoms with E-state index in [1.54, 1.807) is 41.7 Å². The Morgan fingerprint density at radius 2 is 1.18 bits per heavy atom. The summed E-state index contributed by atoms with van der Waals surface area (Å²) in [6.07, 6.45) is 1.49. The second-order valence-electron chi connectivity index (χ2n) is 9.46. The third kappa shape index (κ3) is 12.7. The number of hydrogen-bond acceptors (Lipinski definition) is 6. The number of carbonyl (C=O) groups excluding carboxylic acids is 2. The maximum absolute atomic E-state index is 12.3. The van der Waals surface area contributed by atoms with Crippen molar-refractivity contribution in [3.8, 4) is 0 Å². The van der Waals surface area contributed by atoms with Crippen molar-refractivity contribution in [1.82, 2.24) is 0 Å². The average Bonchev–Trinajstić information content (AvgIpc) is 3.45. The summed E-state index contributed by atoms with van der Waals surface area (Å²) >= 11 is 33.2. The number of halogens is 8. The summed E-state index contributed by atoms with van der Waals surface area (Å²) in [6.45, 7) is 0.466. The van der Waals surface area contributed by atoms with Crippen molar-refractivity contribution in [3.63, 3.8) is 0 Å². The van der Waals surface area contributed by atoms with Crippen molar-refractivity contribution in [3.05, 3.63) is 143 Å². The van der Waals surface area contributed by atoms with E-state index in [1.165, 1.54) is 18.2 Å². The van der Waals surface area contributed by atoms with E-state index < -0.39 is 14.3 Å². The summed E-state index contributed by atoms with van der Waals surface area (Å²) in [5, 5.41) is 11.8. The Morgan fingerprint density at radius 1 is 0.735 bits per heavy atom. The predicted octanol–water partition coefficient (Wildman–Crippen LogP) is 12.1. The zero-order valence-electron chi connectivity index (χ0n) is 25.8. The van der Waals surface area contributed by atoms with E-state index in [-0.39, 0.29) is 5.82 Å². The summed E-state index contributed by atoms with van der Waals surface area (Å²) in [6, 6.07) is 26.4. The van der Waals surface area contributed by atoms with E-state index in [4.69, 9.17) is 52.4 Å². The Kier molecular flexibility index (Phi) is 17.0. The molecule has 0 radical (unpaired) electrons. The molecule has 1 N–H and O–H groups in total. The topological polar surface area (TPSA) is 63.6 Å². The normalized spacial score (nSPS) is 11.4. The molecule has 6 rings (SSSR count). The van der Waals surface area contributed by atoms with Crippen molar-refractivity contribution in [2.24, 2.45) is 0 Å². The molecule has 0 spiro atoms. The van der Waals surface area contributed by atoms with Crippen LogP contribution in [0, 0.1) is 5.82 Å². The highest BCUT2D eigenvalue weighted by Gasteiger charge is 2.27. The first-order chi connectivity index (χ1) is 23.9. The molecular weight excluding hydrogens is 887 g/mol. The van der Waals surface area contributed by atoms with Crippen LogP contribution in [-0.4, -0.2) is 31.9 Å². The smallest absolute Gasteiger partial charge is 0.423 e. The lowest BCUT2D eigenvalue weighted by Gasteiger charge is -2.05. The van der Waals surface area contributed by atoms with E-state index in [0.29, 0.717) is 48.6 Å². The molecule has 0 saturated carbocycles. The number of hydrogen-bond donors (Lipinski definition) is 1. The van der Waals surface area contributed by atoms with E-state index in [1.807, 2.05) is 54.6 Å². The standard InChI is InChI=1S/C13H9BCl2O2S.C13H7BrCl2OS.C7H4BrFO.CH3F/c15-12-4-3-10(6-13(12)16)19-9-2-1-8-7-18-14(17)11(8)5-9;14-11-5-9(2-1-8(11)7-17)18-10-3-4-12(15)13(16)6-10;8-7-3-6(9)2-1-5(7)4-10;1-2/h1-6,17H,7H2;1-7H;1-4H;1H3/i;;;1D. The van der Waals surface area contributed by atoms with Gasteiger partial charge in [-0.05, 0) is 112 Å². The minimum Gasteiger partial charge on any atom is -0.423 e. The van der Waals surface area contributed by atoms with Crippen LogP contribution < -0.4 is 5.46 Å². The molecule has 0 unspecified atom stereocenters. The van der Waals surface area contributed by atoms with E-state index in [9.17, 15) is 23.4 Å². The van der Waals surface area contributed by atoms with Crippen molar-refractivity contribution >= 4 is 127 Å². The Bertz CT molecular complexity index is 1950. The van der Waals surface area contributed by atoms with Crippen LogP contribution in [0.1, 0.15) is 27.7 Å². The Hall–Kier alpha value is -1.90. The molecule has 5 aromatic carbocycles. The second-order valence-corrected chi connectivity index (χ2v) is 15.1. The molecule has 0 fully saturated rings. The monoisotopic (exact) mass is 907 g/mol. The lowest BCUT2D eigenvalue weighted by molar-refractivity contribution is 0.111. The fraction of sp³-hybridized carbons (Fsp3) is 0.0588. The first-order valence-corrected chi connectivity index (χ1v) is 18.3. The lowest BCUT2D eigenvalue weighted by Crippen LogP contribution is -2.27. The average molecular weight is 911 g/mol. The first-order valence-electron chi connectivity index (χ1n) is 14.3. The van der Waals surface area contributed by atoms with Gasteiger partial charge in [0, 0.05) is 39.7 Å². The van der Waals surface area contributed by atoms with Gasteiger partial charge < -0.3 is 9.68 Å². The third-order valence-electron chi connectivity index (χ3n) is 6.22. The highest BCUT2D eigenvalue weighted by atomic mass is 79.9. The van der Waals surface area contributed by atoms with Gasteiger partial charge in [0.1, 0.15) is 5.82 Å². The first kappa shape index (κ1) is 39.9. The summed E-state index contributed by atoms with van der Waals surface area (Å²) < 4.78 is 34.3. The number of benzene rings is 5. The van der Waals surface area contributed by atoms with Crippen molar-refractivity contribution < 1.29 is 29.4 Å². The zero-order chi connectivity index (χ0) is 36.8. The molecule has 4 nitrogen and oxygen atoms in total. The maximum atomic E-state index is 12.3. The van der Waals surface area contributed by atoms with Gasteiger partial charge in [-0.3, -0.25) is 14.0 Å². The maximum Gasteiger partial charge on any atom is 0.491 e. The van der Waals surface area contributed by atoms with E-state index in [2.05, 4.69) is 31.9 Å². The molecule has 0 bridgehead atoms. The molecule has 1 aliphatic rings. The van der Waals surface area contributed by atoms with Gasteiger partial charge in [-0.2, -0.15) is 0 Å². The fourth-order valence-corrected chi connectivity index (χ4v) is 7.47. The van der Waals surface area contributed by atoms with Crippen LogP contribution >= 0.6 is 102 Å². The van der Waals surface area contributed by atoms with Crippen LogP contribution in [0.2, 0.25) is 20.1 Å². The summed E-state index contributed by atoms with van der Waals surface area (Å²) in [7, 11) is -1.82. The number of rotatable bonds is 6. The molecule has 254 valence electrons. The molecule has 5 aromatic rings. The SMILES string of the molecule is O=Cc1ccc(F)cc1Br.O=Cc1ccc(Sc2ccc(Cl)c(Cl)c2)cc1Br.OB1OCc2ccc(Sc3ccc(Cl)c(Cl)c3)cc21.[2H]CF. The highest BCUT2D eigenvalue weighted by molar-refractivity contribution is 9.10. The van der Waals surface area contributed by atoms with Crippen LogP contribution in [0.25, 0.3) is 0 Å². The molecule has 1 aliphatic heterocycles. The van der Waals surface area contributed by atoms with Crippen LogP contribution in [0.3, 0.4) is 0 Å². The molecule has 15 heteroatoms. The quantitative estimate of drug-likeness (QED) is 0.135. The molecule has 0 saturated heterocycles. The van der Waals surface area contributed by atoms with Gasteiger partial charge in [-0.15, -0.1) is 0 Å².